The monoisotopic (exact) mass is 278 g/mol. The molecule has 0 saturated heterocycles. The number of amides is 1. The average molecular weight is 278 g/mol. The molecule has 1 aliphatic rings. The molecule has 0 fully saturated rings. The molecular formula is C15H22N2O3. The molecule has 20 heavy (non-hydrogen) atoms. The molecule has 0 spiro atoms. The van der Waals surface area contributed by atoms with Gasteiger partial charge in [-0.2, -0.15) is 0 Å². The topological polar surface area (TPSA) is 59.6 Å². The zero-order valence-corrected chi connectivity index (χ0v) is 11.9. The highest BCUT2D eigenvalue weighted by Crippen LogP contribution is 2.22. The standard InChI is InChI=1S/C15H22N2O3/c1-19-9-10-20-8-2-6-17-15(18)13-3-4-14-12(11-13)5-7-16-14/h3-4,11,16H,2,5-10H2,1H3,(H,17,18). The van der Waals surface area contributed by atoms with Crippen molar-refractivity contribution in [1.29, 1.82) is 0 Å². The van der Waals surface area contributed by atoms with Crippen molar-refractivity contribution in [3.8, 4) is 0 Å². The third-order valence-electron chi connectivity index (χ3n) is 3.26. The summed E-state index contributed by atoms with van der Waals surface area (Å²) in [4.78, 5) is 12.0. The minimum Gasteiger partial charge on any atom is -0.384 e. The van der Waals surface area contributed by atoms with Gasteiger partial charge >= 0.3 is 0 Å². The van der Waals surface area contributed by atoms with Crippen LogP contribution in [-0.4, -0.2) is 45.9 Å². The van der Waals surface area contributed by atoms with Crippen LogP contribution in [0, 0.1) is 0 Å². The Bertz CT molecular complexity index is 449. The summed E-state index contributed by atoms with van der Waals surface area (Å²) in [5.41, 5.74) is 3.10. The van der Waals surface area contributed by atoms with Crippen molar-refractivity contribution in [2.45, 2.75) is 12.8 Å². The molecule has 2 N–H and O–H groups in total. The maximum Gasteiger partial charge on any atom is 0.251 e. The van der Waals surface area contributed by atoms with E-state index in [0.29, 0.717) is 26.4 Å². The SMILES string of the molecule is COCCOCCCNC(=O)c1ccc2c(c1)CCN2. The third kappa shape index (κ3) is 4.21. The van der Waals surface area contributed by atoms with Crippen LogP contribution in [0.4, 0.5) is 5.69 Å². The maximum atomic E-state index is 12.0. The maximum absolute atomic E-state index is 12.0. The van der Waals surface area contributed by atoms with E-state index in [1.807, 2.05) is 18.2 Å². The molecule has 1 aromatic carbocycles. The van der Waals surface area contributed by atoms with Crippen molar-refractivity contribution >= 4 is 11.6 Å². The number of carbonyl (C=O) groups is 1. The summed E-state index contributed by atoms with van der Waals surface area (Å²) in [5, 5.41) is 6.19. The Hall–Kier alpha value is -1.59. The van der Waals surface area contributed by atoms with Crippen LogP contribution in [0.3, 0.4) is 0 Å². The molecule has 1 aromatic rings. The van der Waals surface area contributed by atoms with Gasteiger partial charge in [-0.25, -0.2) is 0 Å². The molecule has 0 saturated carbocycles. The number of hydrogen-bond acceptors (Lipinski definition) is 4. The molecule has 5 nitrogen and oxygen atoms in total. The van der Waals surface area contributed by atoms with E-state index >= 15 is 0 Å². The van der Waals surface area contributed by atoms with Gasteiger partial charge in [-0.05, 0) is 36.6 Å². The van der Waals surface area contributed by atoms with E-state index in [2.05, 4.69) is 10.6 Å². The van der Waals surface area contributed by atoms with Gasteiger partial charge in [0.15, 0.2) is 0 Å². The minimum atomic E-state index is -0.0170. The molecule has 0 unspecified atom stereocenters. The Morgan fingerprint density at radius 1 is 1.35 bits per heavy atom. The number of methoxy groups -OCH3 is 1. The Morgan fingerprint density at radius 2 is 2.25 bits per heavy atom. The van der Waals surface area contributed by atoms with Crippen LogP contribution >= 0.6 is 0 Å². The lowest BCUT2D eigenvalue weighted by molar-refractivity contribution is 0.0688. The molecule has 1 amide bonds. The van der Waals surface area contributed by atoms with Gasteiger partial charge in [0, 0.05) is 38.1 Å². The number of nitrogens with one attached hydrogen (secondary N) is 2. The number of hydrogen-bond donors (Lipinski definition) is 2. The van der Waals surface area contributed by atoms with Crippen LogP contribution in [0.1, 0.15) is 22.3 Å². The van der Waals surface area contributed by atoms with Gasteiger partial charge in [0.05, 0.1) is 13.2 Å². The van der Waals surface area contributed by atoms with Gasteiger partial charge in [0.25, 0.3) is 5.91 Å². The van der Waals surface area contributed by atoms with E-state index in [1.165, 1.54) is 5.56 Å². The van der Waals surface area contributed by atoms with Crippen molar-refractivity contribution in [2.75, 3.05) is 45.3 Å². The van der Waals surface area contributed by atoms with Gasteiger partial charge in [0.1, 0.15) is 0 Å². The number of fused-ring (bicyclic) bond motifs is 1. The molecule has 2 rings (SSSR count). The van der Waals surface area contributed by atoms with E-state index in [-0.39, 0.29) is 5.91 Å². The highest BCUT2D eigenvalue weighted by molar-refractivity contribution is 5.95. The van der Waals surface area contributed by atoms with E-state index < -0.39 is 0 Å². The normalized spacial score (nSPS) is 12.8. The second-order valence-corrected chi connectivity index (χ2v) is 4.76. The lowest BCUT2D eigenvalue weighted by Crippen LogP contribution is -2.25. The highest BCUT2D eigenvalue weighted by Gasteiger charge is 2.12. The van der Waals surface area contributed by atoms with E-state index in [1.54, 1.807) is 7.11 Å². The Kier molecular flexibility index (Phi) is 5.83. The van der Waals surface area contributed by atoms with Crippen molar-refractivity contribution in [3.05, 3.63) is 29.3 Å². The van der Waals surface area contributed by atoms with Gasteiger partial charge in [0.2, 0.25) is 0 Å². The first-order chi connectivity index (χ1) is 9.81. The van der Waals surface area contributed by atoms with Gasteiger partial charge in [-0.15, -0.1) is 0 Å². The van der Waals surface area contributed by atoms with Crippen molar-refractivity contribution in [3.63, 3.8) is 0 Å². The average Bonchev–Trinajstić information content (AvgIpc) is 2.93. The van der Waals surface area contributed by atoms with E-state index in [9.17, 15) is 4.79 Å². The predicted molar refractivity (Wildman–Crippen MR) is 78.3 cm³/mol. The summed E-state index contributed by atoms with van der Waals surface area (Å²) in [7, 11) is 1.65. The smallest absolute Gasteiger partial charge is 0.251 e. The number of anilines is 1. The first-order valence-corrected chi connectivity index (χ1v) is 7.03. The zero-order chi connectivity index (χ0) is 14.2. The van der Waals surface area contributed by atoms with E-state index in [4.69, 9.17) is 9.47 Å². The molecule has 0 aromatic heterocycles. The molecule has 0 bridgehead atoms. The first-order valence-electron chi connectivity index (χ1n) is 7.03. The van der Waals surface area contributed by atoms with Crippen LogP contribution in [0.5, 0.6) is 0 Å². The Morgan fingerprint density at radius 3 is 3.10 bits per heavy atom. The highest BCUT2D eigenvalue weighted by atomic mass is 16.5. The fourth-order valence-corrected chi connectivity index (χ4v) is 2.17. The number of ether oxygens (including phenoxy) is 2. The third-order valence-corrected chi connectivity index (χ3v) is 3.26. The molecule has 0 aliphatic carbocycles. The number of rotatable bonds is 8. The summed E-state index contributed by atoms with van der Waals surface area (Å²) in [6, 6.07) is 5.81. The Balaban J connectivity index is 1.67. The molecular weight excluding hydrogens is 256 g/mol. The largest absolute Gasteiger partial charge is 0.384 e. The fourth-order valence-electron chi connectivity index (χ4n) is 2.17. The minimum absolute atomic E-state index is 0.0170. The van der Waals surface area contributed by atoms with E-state index in [0.717, 1.165) is 30.6 Å². The Labute approximate surface area is 119 Å². The summed E-state index contributed by atoms with van der Waals surface area (Å²) >= 11 is 0. The summed E-state index contributed by atoms with van der Waals surface area (Å²) in [6.07, 6.45) is 1.80. The van der Waals surface area contributed by atoms with Crippen LogP contribution in [0.25, 0.3) is 0 Å². The van der Waals surface area contributed by atoms with Crippen LogP contribution in [0.2, 0.25) is 0 Å². The quantitative estimate of drug-likeness (QED) is 0.706. The predicted octanol–water partition coefficient (Wildman–Crippen LogP) is 1.44. The van der Waals surface area contributed by atoms with Crippen molar-refractivity contribution in [1.82, 2.24) is 5.32 Å². The zero-order valence-electron chi connectivity index (χ0n) is 11.9. The second kappa shape index (κ2) is 7.87. The molecule has 0 radical (unpaired) electrons. The molecule has 1 heterocycles. The second-order valence-electron chi connectivity index (χ2n) is 4.76. The molecule has 1 aliphatic heterocycles. The van der Waals surface area contributed by atoms with Crippen LogP contribution < -0.4 is 10.6 Å². The fraction of sp³-hybridized carbons (Fsp3) is 0.533. The van der Waals surface area contributed by atoms with Gasteiger partial charge in [-0.1, -0.05) is 0 Å². The summed E-state index contributed by atoms with van der Waals surface area (Å²) in [6.45, 7) is 3.43. The lowest BCUT2D eigenvalue weighted by atomic mass is 10.1. The lowest BCUT2D eigenvalue weighted by Gasteiger charge is -2.07. The molecule has 110 valence electrons. The van der Waals surface area contributed by atoms with Gasteiger partial charge in [-0.3, -0.25) is 4.79 Å². The van der Waals surface area contributed by atoms with Gasteiger partial charge < -0.3 is 20.1 Å². The van der Waals surface area contributed by atoms with Crippen LogP contribution in [-0.2, 0) is 15.9 Å². The van der Waals surface area contributed by atoms with Crippen molar-refractivity contribution in [2.24, 2.45) is 0 Å². The van der Waals surface area contributed by atoms with Crippen LogP contribution in [0.15, 0.2) is 18.2 Å². The summed E-state index contributed by atoms with van der Waals surface area (Å²) < 4.78 is 10.2. The van der Waals surface area contributed by atoms with Crippen molar-refractivity contribution < 1.29 is 14.3 Å². The summed E-state index contributed by atoms with van der Waals surface area (Å²) in [5.74, 6) is -0.0170. The number of benzene rings is 1. The first kappa shape index (κ1) is 14.8. The molecule has 5 heteroatoms. The molecule has 0 atom stereocenters. The number of carbonyl (C=O) groups excluding carboxylic acids is 1.